The molecule has 2 atom stereocenters. The Hall–Kier alpha value is -9.68. The number of fused-ring (bicyclic) bond motifs is 2. The van der Waals surface area contributed by atoms with Gasteiger partial charge < -0.3 is 51.5 Å². The molecule has 4 aromatic carbocycles. The zero-order chi connectivity index (χ0) is 69.5. The van der Waals surface area contributed by atoms with E-state index < -0.39 is 108 Å². The molecule has 0 bridgehead atoms. The standard InChI is InChI=1S/C61H82N14O20/c1-38(74-23-19-70(34-52(82)83)15-11-68(32-50(78)79)12-16-71(20-24-74)35-53(84)85)58(92)62-30-48(76)64-66-60(94)46-27-40-7-3-5-9-42(40)44(56(46)90)29-45-43-10-6-4-8-41(43)28-47(57(45)91)61(95)67-65-49(77)31-63-59(93)39(2)75-25-21-72(36-54(86)87)17-13-69(33-51(80)81)14-18-73(22-26-75)37-55(88)89/h3-10,27-28,38-39,90-91H,11-26,29-37H2,1-2H3,(H,62,92)(H,63,93)(H,64,76)(H,65,77)(H,66,94)(H,67,95)(H,78,79)(H,80,81)(H,82,83)(H,84,85)(H,86,87)(H,88,89). The molecule has 2 fully saturated rings. The number of rotatable bonds is 24. The van der Waals surface area contributed by atoms with Gasteiger partial charge in [0.25, 0.3) is 23.6 Å². The van der Waals surface area contributed by atoms with Crippen molar-refractivity contribution in [2.75, 3.05) is 157 Å². The van der Waals surface area contributed by atoms with Crippen molar-refractivity contribution >= 4 is 92.8 Å². The zero-order valence-corrected chi connectivity index (χ0v) is 52.7. The molecule has 2 unspecified atom stereocenters. The molecule has 2 saturated heterocycles. The maximum Gasteiger partial charge on any atom is 0.317 e. The predicted octanol–water partition coefficient (Wildman–Crippen LogP) is -3.52. The van der Waals surface area contributed by atoms with Crippen LogP contribution in [0.15, 0.2) is 60.7 Å². The summed E-state index contributed by atoms with van der Waals surface area (Å²) in [5, 5.41) is 88.0. The summed E-state index contributed by atoms with van der Waals surface area (Å²) in [5.74, 6) is -12.9. The number of nitrogens with zero attached hydrogens (tertiary/aromatic N) is 8. The number of hydrogen-bond donors (Lipinski definition) is 14. The number of carboxylic acids is 6. The molecule has 2 aliphatic heterocycles. The topological polar surface area (TPSA) is 465 Å². The first kappa shape index (κ1) is 74.4. The van der Waals surface area contributed by atoms with Crippen molar-refractivity contribution in [3.8, 4) is 11.5 Å². The summed E-state index contributed by atoms with van der Waals surface area (Å²) < 4.78 is 0. The van der Waals surface area contributed by atoms with Crippen molar-refractivity contribution in [2.24, 2.45) is 0 Å². The Morgan fingerprint density at radius 2 is 0.632 bits per heavy atom. The third-order valence-electron chi connectivity index (χ3n) is 16.3. The van der Waals surface area contributed by atoms with Crippen LogP contribution in [0.2, 0.25) is 0 Å². The summed E-state index contributed by atoms with van der Waals surface area (Å²) in [6.45, 7) is 1.85. The predicted molar refractivity (Wildman–Crippen MR) is 338 cm³/mol. The number of hydrazine groups is 2. The first-order valence-corrected chi connectivity index (χ1v) is 30.5. The molecule has 516 valence electrons. The summed E-state index contributed by atoms with van der Waals surface area (Å²) in [7, 11) is 0. The van der Waals surface area contributed by atoms with E-state index in [1.165, 1.54) is 12.1 Å². The molecule has 4 aromatic rings. The van der Waals surface area contributed by atoms with Crippen LogP contribution < -0.4 is 32.3 Å². The molecule has 0 saturated carbocycles. The van der Waals surface area contributed by atoms with Crippen molar-refractivity contribution in [1.29, 1.82) is 0 Å². The SMILES string of the molecule is CC(C(=O)NCC(=O)NNC(=O)c1cc2ccccc2c(Cc2c(O)c(C(=O)NNC(=O)CNC(=O)C(C)N3CCN(CC(=O)O)CCN(CC(=O)O)CCN(CC(=O)O)CC3)cc3ccccc23)c1O)N1CCN(CC(=O)O)CCN(CC(=O)O)CCN(CC(=O)O)CC1. The third-order valence-corrected chi connectivity index (χ3v) is 16.3. The lowest BCUT2D eigenvalue weighted by atomic mass is 9.90. The first-order valence-electron chi connectivity index (χ1n) is 30.5. The minimum Gasteiger partial charge on any atom is -0.507 e. The average molecular weight is 1330 g/mol. The van der Waals surface area contributed by atoms with Gasteiger partial charge in [-0.1, -0.05) is 48.5 Å². The molecule has 6 amide bonds. The molecule has 2 aliphatic rings. The lowest BCUT2D eigenvalue weighted by molar-refractivity contribution is -0.141. The van der Waals surface area contributed by atoms with Crippen LogP contribution in [0.4, 0.5) is 0 Å². The number of aliphatic carboxylic acids is 6. The minimum absolute atomic E-state index is 0.114. The van der Waals surface area contributed by atoms with Crippen molar-refractivity contribution < 1.29 is 98.4 Å². The van der Waals surface area contributed by atoms with Gasteiger partial charge in [-0.2, -0.15) is 0 Å². The molecule has 34 nitrogen and oxygen atoms in total. The Labute approximate surface area is 544 Å². The molecule has 0 aromatic heterocycles. The van der Waals surface area contributed by atoms with E-state index in [2.05, 4.69) is 32.3 Å². The maximum atomic E-state index is 13.9. The molecule has 0 radical (unpaired) electrons. The van der Waals surface area contributed by atoms with E-state index >= 15 is 0 Å². The highest BCUT2D eigenvalue weighted by Gasteiger charge is 2.30. The molecule has 0 spiro atoms. The van der Waals surface area contributed by atoms with Crippen LogP contribution in [-0.2, 0) is 54.4 Å². The minimum atomic E-state index is -1.13. The number of hydrogen-bond acceptors (Lipinski definition) is 22. The van der Waals surface area contributed by atoms with Crippen molar-refractivity contribution in [3.05, 3.63) is 82.9 Å². The van der Waals surface area contributed by atoms with E-state index in [4.69, 9.17) is 0 Å². The highest BCUT2D eigenvalue weighted by atomic mass is 16.4. The molecule has 14 N–H and O–H groups in total. The van der Waals surface area contributed by atoms with Gasteiger partial charge in [0, 0.05) is 122 Å². The molecule has 95 heavy (non-hydrogen) atoms. The highest BCUT2D eigenvalue weighted by molar-refractivity contribution is 6.06. The number of aromatic hydroxyl groups is 2. The van der Waals surface area contributed by atoms with Gasteiger partial charge in [0.05, 0.1) is 75.6 Å². The van der Waals surface area contributed by atoms with Gasteiger partial charge in [0.2, 0.25) is 11.8 Å². The average Bonchev–Trinajstić information content (AvgIpc) is 0.764. The van der Waals surface area contributed by atoms with Gasteiger partial charge in [0.1, 0.15) is 11.5 Å². The normalized spacial score (nSPS) is 16.9. The smallest absolute Gasteiger partial charge is 0.317 e. The maximum absolute atomic E-state index is 13.9. The molecule has 34 heteroatoms. The fraction of sp³-hybridized carbons (Fsp3) is 0.475. The monoisotopic (exact) mass is 1330 g/mol. The number of nitrogens with one attached hydrogen (secondary N) is 6. The number of carboxylic acid groups (broad SMARTS) is 6. The summed E-state index contributed by atoms with van der Waals surface area (Å²) in [6, 6.07) is 14.1. The number of phenols is 2. The van der Waals surface area contributed by atoms with Crippen LogP contribution in [0.1, 0.15) is 45.7 Å². The largest absolute Gasteiger partial charge is 0.507 e. The van der Waals surface area contributed by atoms with E-state index in [1.807, 2.05) is 0 Å². The van der Waals surface area contributed by atoms with Gasteiger partial charge in [-0.3, -0.25) is 118 Å². The van der Waals surface area contributed by atoms with E-state index in [0.717, 1.165) is 0 Å². The Balaban J connectivity index is 1.10. The Bertz CT molecular complexity index is 3180. The van der Waals surface area contributed by atoms with Gasteiger partial charge >= 0.3 is 35.8 Å². The van der Waals surface area contributed by atoms with Gasteiger partial charge in [0.15, 0.2) is 0 Å². The fourth-order valence-corrected chi connectivity index (χ4v) is 11.1. The molecule has 0 aliphatic carbocycles. The summed E-state index contributed by atoms with van der Waals surface area (Å²) in [5.41, 5.74) is 8.49. The highest BCUT2D eigenvalue weighted by Crippen LogP contribution is 2.39. The first-order chi connectivity index (χ1) is 45.1. The van der Waals surface area contributed by atoms with Crippen LogP contribution in [-0.4, -0.2) is 320 Å². The summed E-state index contributed by atoms with van der Waals surface area (Å²) >= 11 is 0. The quantitative estimate of drug-likeness (QED) is 0.0302. The van der Waals surface area contributed by atoms with Crippen LogP contribution >= 0.6 is 0 Å². The Kier molecular flexibility index (Phi) is 28.3. The number of amides is 6. The lowest BCUT2D eigenvalue weighted by Gasteiger charge is -2.35. The summed E-state index contributed by atoms with van der Waals surface area (Å²) in [6.07, 6.45) is -0.302. The van der Waals surface area contributed by atoms with E-state index in [-0.39, 0.29) is 173 Å². The second-order valence-corrected chi connectivity index (χ2v) is 23.0. The van der Waals surface area contributed by atoms with Crippen LogP contribution in [0.5, 0.6) is 11.5 Å². The molecular weight excluding hydrogens is 1250 g/mol. The van der Waals surface area contributed by atoms with E-state index in [0.29, 0.717) is 21.5 Å². The summed E-state index contributed by atoms with van der Waals surface area (Å²) in [4.78, 5) is 165. The van der Waals surface area contributed by atoms with Crippen LogP contribution in [0.3, 0.4) is 0 Å². The second kappa shape index (κ2) is 36.1. The van der Waals surface area contributed by atoms with Crippen molar-refractivity contribution in [3.63, 3.8) is 0 Å². The van der Waals surface area contributed by atoms with Crippen molar-refractivity contribution in [2.45, 2.75) is 32.4 Å². The van der Waals surface area contributed by atoms with Crippen LogP contribution in [0.25, 0.3) is 21.5 Å². The fourth-order valence-electron chi connectivity index (χ4n) is 11.1. The van der Waals surface area contributed by atoms with Crippen LogP contribution in [0, 0.1) is 0 Å². The molecule has 2 heterocycles. The zero-order valence-electron chi connectivity index (χ0n) is 52.7. The van der Waals surface area contributed by atoms with E-state index in [9.17, 15) is 98.4 Å². The number of carbonyl (C=O) groups is 12. The van der Waals surface area contributed by atoms with Crippen molar-refractivity contribution in [1.82, 2.24) is 71.5 Å². The molecule has 6 rings (SSSR count). The Morgan fingerprint density at radius 3 is 0.895 bits per heavy atom. The Morgan fingerprint density at radius 1 is 0.379 bits per heavy atom. The van der Waals surface area contributed by atoms with Gasteiger partial charge in [-0.05, 0) is 47.5 Å². The van der Waals surface area contributed by atoms with Gasteiger partial charge in [-0.15, -0.1) is 0 Å². The number of phenolic OH excluding ortho intramolecular Hbond substituents is 2. The molecular formula is C61H82N14O20. The second-order valence-electron chi connectivity index (χ2n) is 23.0. The lowest BCUT2D eigenvalue weighted by Crippen LogP contribution is -2.54. The third kappa shape index (κ3) is 23.4. The van der Waals surface area contributed by atoms with E-state index in [1.54, 1.807) is 102 Å². The number of benzene rings is 4. The van der Waals surface area contributed by atoms with Gasteiger partial charge in [-0.25, -0.2) is 0 Å². The number of carbonyl (C=O) groups excluding carboxylic acids is 6.